The minimum Gasteiger partial charge on any atom is -0.480 e. The van der Waals surface area contributed by atoms with Gasteiger partial charge in [0.25, 0.3) is 0 Å². The van der Waals surface area contributed by atoms with Crippen LogP contribution in [-0.4, -0.2) is 46.7 Å². The normalized spacial score (nSPS) is 34.1. The second-order valence-electron chi connectivity index (χ2n) is 5.85. The molecule has 0 spiro atoms. The molecule has 2 aliphatic rings. The molecule has 1 saturated carbocycles. The van der Waals surface area contributed by atoms with Gasteiger partial charge in [0.2, 0.25) is 5.91 Å². The van der Waals surface area contributed by atoms with E-state index in [0.29, 0.717) is 38.0 Å². The number of nitrogens with zero attached hydrogens (tertiary/aromatic N) is 1. The second kappa shape index (κ2) is 5.49. The minimum absolute atomic E-state index is 0.0117. The molecular formula is C14H23NO4. The Hall–Kier alpha value is -1.10. The average Bonchev–Trinajstić information content (AvgIpc) is 2.70. The second-order valence-corrected chi connectivity index (χ2v) is 5.85. The Kier molecular flexibility index (Phi) is 4.13. The lowest BCUT2D eigenvalue weighted by Crippen LogP contribution is -2.51. The third-order valence-corrected chi connectivity index (χ3v) is 4.46. The van der Waals surface area contributed by atoms with Crippen LogP contribution in [0.1, 0.15) is 46.0 Å². The summed E-state index contributed by atoms with van der Waals surface area (Å²) in [6.45, 7) is 4.92. The van der Waals surface area contributed by atoms with E-state index in [0.717, 1.165) is 19.3 Å². The monoisotopic (exact) mass is 269 g/mol. The number of aliphatic carboxylic acids is 1. The van der Waals surface area contributed by atoms with Crippen LogP contribution >= 0.6 is 0 Å². The number of carboxylic acid groups (broad SMARTS) is 1. The molecule has 1 aliphatic carbocycles. The van der Waals surface area contributed by atoms with E-state index >= 15 is 0 Å². The number of hydrogen-bond acceptors (Lipinski definition) is 3. The molecule has 0 aromatic carbocycles. The maximum Gasteiger partial charge on any atom is 0.329 e. The van der Waals surface area contributed by atoms with E-state index in [-0.39, 0.29) is 5.91 Å². The number of ether oxygens (including phenoxy) is 1. The SMILES string of the molecule is CCOC1CC(CC(=O)N2CCCC2(C)C(=O)O)C1. The zero-order valence-corrected chi connectivity index (χ0v) is 11.7. The first-order valence-electron chi connectivity index (χ1n) is 7.13. The van der Waals surface area contributed by atoms with Crippen molar-refractivity contribution in [1.29, 1.82) is 0 Å². The van der Waals surface area contributed by atoms with Crippen LogP contribution in [0.2, 0.25) is 0 Å². The third kappa shape index (κ3) is 2.76. The summed E-state index contributed by atoms with van der Waals surface area (Å²) < 4.78 is 5.48. The standard InChI is InChI=1S/C14H23NO4/c1-3-19-11-7-10(8-11)9-12(16)15-6-4-5-14(15,2)13(17)18/h10-11H,3-9H2,1-2H3,(H,17,18). The number of amides is 1. The quantitative estimate of drug-likeness (QED) is 0.824. The van der Waals surface area contributed by atoms with Gasteiger partial charge in [0, 0.05) is 19.6 Å². The van der Waals surface area contributed by atoms with E-state index in [9.17, 15) is 14.7 Å². The molecule has 1 N–H and O–H groups in total. The molecule has 2 fully saturated rings. The van der Waals surface area contributed by atoms with Gasteiger partial charge in [-0.25, -0.2) is 4.79 Å². The van der Waals surface area contributed by atoms with E-state index < -0.39 is 11.5 Å². The fourth-order valence-electron chi connectivity index (χ4n) is 3.16. The predicted molar refractivity (Wildman–Crippen MR) is 69.7 cm³/mol. The summed E-state index contributed by atoms with van der Waals surface area (Å²) in [6, 6.07) is 0. The van der Waals surface area contributed by atoms with Crippen LogP contribution in [0.4, 0.5) is 0 Å². The number of carbonyl (C=O) groups excluding carboxylic acids is 1. The molecule has 1 atom stereocenters. The summed E-state index contributed by atoms with van der Waals surface area (Å²) in [4.78, 5) is 25.1. The van der Waals surface area contributed by atoms with Crippen LogP contribution in [0.15, 0.2) is 0 Å². The summed E-state index contributed by atoms with van der Waals surface area (Å²) in [5.74, 6) is -0.538. The third-order valence-electron chi connectivity index (χ3n) is 4.46. The van der Waals surface area contributed by atoms with Crippen LogP contribution in [-0.2, 0) is 14.3 Å². The largest absolute Gasteiger partial charge is 0.480 e. The molecule has 5 heteroatoms. The summed E-state index contributed by atoms with van der Waals surface area (Å²) in [6.07, 6.45) is 3.95. The first kappa shape index (κ1) is 14.3. The van der Waals surface area contributed by atoms with Gasteiger partial charge in [-0.15, -0.1) is 0 Å². The Bertz CT molecular complexity index is 364. The van der Waals surface area contributed by atoms with Gasteiger partial charge >= 0.3 is 5.97 Å². The summed E-state index contributed by atoms with van der Waals surface area (Å²) >= 11 is 0. The Morgan fingerprint density at radius 3 is 2.68 bits per heavy atom. The summed E-state index contributed by atoms with van der Waals surface area (Å²) in [5, 5.41) is 9.30. The molecule has 1 amide bonds. The zero-order chi connectivity index (χ0) is 14.0. The van der Waals surface area contributed by atoms with Gasteiger partial charge in [-0.1, -0.05) is 0 Å². The Morgan fingerprint density at radius 1 is 1.42 bits per heavy atom. The Morgan fingerprint density at radius 2 is 2.11 bits per heavy atom. The van der Waals surface area contributed by atoms with Crippen molar-refractivity contribution in [3.63, 3.8) is 0 Å². The van der Waals surface area contributed by atoms with Crippen molar-refractivity contribution in [1.82, 2.24) is 4.90 Å². The van der Waals surface area contributed by atoms with E-state index in [1.807, 2.05) is 6.92 Å². The summed E-state index contributed by atoms with van der Waals surface area (Å²) in [5.41, 5.74) is -1.000. The van der Waals surface area contributed by atoms with Crippen molar-refractivity contribution in [3.05, 3.63) is 0 Å². The molecule has 0 aromatic heterocycles. The molecule has 2 rings (SSSR count). The van der Waals surface area contributed by atoms with Crippen LogP contribution < -0.4 is 0 Å². The van der Waals surface area contributed by atoms with E-state index in [1.165, 1.54) is 0 Å². The van der Waals surface area contributed by atoms with Gasteiger partial charge in [0.05, 0.1) is 6.10 Å². The highest BCUT2D eigenvalue weighted by Crippen LogP contribution is 2.36. The number of hydrogen-bond donors (Lipinski definition) is 1. The van der Waals surface area contributed by atoms with Gasteiger partial charge < -0.3 is 14.7 Å². The lowest BCUT2D eigenvalue weighted by atomic mass is 9.79. The van der Waals surface area contributed by atoms with Gasteiger partial charge in [-0.3, -0.25) is 4.79 Å². The molecule has 1 unspecified atom stereocenters. The number of rotatable bonds is 5. The number of likely N-dealkylation sites (tertiary alicyclic amines) is 1. The molecule has 19 heavy (non-hydrogen) atoms. The molecule has 1 aliphatic heterocycles. The molecular weight excluding hydrogens is 246 g/mol. The first-order valence-corrected chi connectivity index (χ1v) is 7.13. The van der Waals surface area contributed by atoms with E-state index in [4.69, 9.17) is 4.74 Å². The van der Waals surface area contributed by atoms with Crippen LogP contribution in [0.3, 0.4) is 0 Å². The van der Waals surface area contributed by atoms with E-state index in [2.05, 4.69) is 0 Å². The molecule has 0 bridgehead atoms. The zero-order valence-electron chi connectivity index (χ0n) is 11.7. The molecule has 108 valence electrons. The van der Waals surface area contributed by atoms with Gasteiger partial charge in [-0.2, -0.15) is 0 Å². The molecule has 1 saturated heterocycles. The fourth-order valence-corrected chi connectivity index (χ4v) is 3.16. The smallest absolute Gasteiger partial charge is 0.329 e. The lowest BCUT2D eigenvalue weighted by molar-refractivity contribution is -0.156. The van der Waals surface area contributed by atoms with E-state index in [1.54, 1.807) is 11.8 Å². The van der Waals surface area contributed by atoms with Gasteiger partial charge in [-0.05, 0) is 45.4 Å². The van der Waals surface area contributed by atoms with Crippen molar-refractivity contribution in [2.75, 3.05) is 13.2 Å². The van der Waals surface area contributed by atoms with Crippen molar-refractivity contribution in [2.24, 2.45) is 5.92 Å². The topological polar surface area (TPSA) is 66.8 Å². The van der Waals surface area contributed by atoms with Gasteiger partial charge in [0.15, 0.2) is 0 Å². The highest BCUT2D eigenvalue weighted by atomic mass is 16.5. The maximum absolute atomic E-state index is 12.3. The molecule has 5 nitrogen and oxygen atoms in total. The predicted octanol–water partition coefficient (Wildman–Crippen LogP) is 1.66. The van der Waals surface area contributed by atoms with Crippen molar-refractivity contribution >= 4 is 11.9 Å². The molecule has 0 radical (unpaired) electrons. The Labute approximate surface area is 113 Å². The van der Waals surface area contributed by atoms with Crippen molar-refractivity contribution in [3.8, 4) is 0 Å². The van der Waals surface area contributed by atoms with Crippen molar-refractivity contribution < 1.29 is 19.4 Å². The van der Waals surface area contributed by atoms with Crippen LogP contribution in [0.25, 0.3) is 0 Å². The minimum atomic E-state index is -1.000. The lowest BCUT2D eigenvalue weighted by Gasteiger charge is -2.37. The fraction of sp³-hybridized carbons (Fsp3) is 0.857. The van der Waals surface area contributed by atoms with Crippen LogP contribution in [0, 0.1) is 5.92 Å². The summed E-state index contributed by atoms with van der Waals surface area (Å²) in [7, 11) is 0. The Balaban J connectivity index is 1.85. The van der Waals surface area contributed by atoms with Gasteiger partial charge in [0.1, 0.15) is 5.54 Å². The van der Waals surface area contributed by atoms with Crippen molar-refractivity contribution in [2.45, 2.75) is 57.6 Å². The number of carboxylic acids is 1. The maximum atomic E-state index is 12.3. The molecule has 1 heterocycles. The van der Waals surface area contributed by atoms with Crippen LogP contribution in [0.5, 0.6) is 0 Å². The highest BCUT2D eigenvalue weighted by Gasteiger charge is 2.46. The highest BCUT2D eigenvalue weighted by molar-refractivity contribution is 5.87. The number of carbonyl (C=O) groups is 2. The average molecular weight is 269 g/mol. The molecule has 0 aromatic rings. The first-order chi connectivity index (χ1) is 8.97.